The van der Waals surface area contributed by atoms with E-state index in [1.165, 1.54) is 6.20 Å². The summed E-state index contributed by atoms with van der Waals surface area (Å²) in [4.78, 5) is 30.3. The largest absolute Gasteiger partial charge is 0.364 e. The van der Waals surface area contributed by atoms with E-state index in [-0.39, 0.29) is 5.91 Å². The molecule has 1 aliphatic heterocycles. The number of aromatic nitrogens is 4. The molecule has 0 fully saturated rings. The van der Waals surface area contributed by atoms with E-state index in [2.05, 4.69) is 10.1 Å². The third-order valence-corrected chi connectivity index (χ3v) is 4.48. The predicted octanol–water partition coefficient (Wildman–Crippen LogP) is 0.883. The van der Waals surface area contributed by atoms with Crippen LogP contribution < -0.4 is 5.73 Å². The number of hydrogen-bond acceptors (Lipinski definition) is 4. The minimum atomic E-state index is -0.505. The highest BCUT2D eigenvalue weighted by Crippen LogP contribution is 2.17. The zero-order valence-corrected chi connectivity index (χ0v) is 14.1. The zero-order valence-electron chi connectivity index (χ0n) is 14.1. The number of benzene rings is 1. The highest BCUT2D eigenvalue weighted by Gasteiger charge is 2.25. The van der Waals surface area contributed by atoms with Crippen LogP contribution in [-0.4, -0.2) is 42.6 Å². The second-order valence-electron chi connectivity index (χ2n) is 6.21. The lowest BCUT2D eigenvalue weighted by molar-refractivity contribution is 0.0706. The van der Waals surface area contributed by atoms with Crippen molar-refractivity contribution >= 4 is 11.8 Å². The fourth-order valence-corrected chi connectivity index (χ4v) is 3.20. The number of nitrogens with two attached hydrogens (primary N) is 1. The molecule has 3 heterocycles. The van der Waals surface area contributed by atoms with Crippen LogP contribution in [0.25, 0.3) is 0 Å². The van der Waals surface area contributed by atoms with Gasteiger partial charge in [0.2, 0.25) is 0 Å². The minimum Gasteiger partial charge on any atom is -0.364 e. The number of carbonyl (C=O) groups is 2. The maximum absolute atomic E-state index is 12.9. The first kappa shape index (κ1) is 16.1. The fraction of sp³-hybridized carbons (Fsp3) is 0.222. The van der Waals surface area contributed by atoms with Crippen LogP contribution in [0.4, 0.5) is 0 Å². The second kappa shape index (κ2) is 6.47. The third-order valence-electron chi connectivity index (χ3n) is 4.48. The number of primary amides is 1. The van der Waals surface area contributed by atoms with E-state index in [9.17, 15) is 9.59 Å². The van der Waals surface area contributed by atoms with Crippen LogP contribution in [0.15, 0.2) is 48.9 Å². The average molecular weight is 350 g/mol. The Bertz CT molecular complexity index is 960. The molecule has 8 heteroatoms. The smallest absolute Gasteiger partial charge is 0.266 e. The number of amides is 2. The van der Waals surface area contributed by atoms with E-state index in [0.29, 0.717) is 43.3 Å². The molecule has 4 rings (SSSR count). The molecule has 0 saturated carbocycles. The highest BCUT2D eigenvalue weighted by molar-refractivity contribution is 5.94. The van der Waals surface area contributed by atoms with Gasteiger partial charge in [0, 0.05) is 31.0 Å². The van der Waals surface area contributed by atoms with Crippen molar-refractivity contribution in [1.29, 1.82) is 0 Å². The van der Waals surface area contributed by atoms with E-state index in [0.717, 1.165) is 5.56 Å². The topological polar surface area (TPSA) is 99.0 Å². The summed E-state index contributed by atoms with van der Waals surface area (Å²) in [5, 5.41) is 4.19. The molecule has 2 N–H and O–H groups in total. The van der Waals surface area contributed by atoms with E-state index in [1.807, 2.05) is 41.2 Å². The van der Waals surface area contributed by atoms with Crippen LogP contribution in [0, 0.1) is 0 Å². The number of carbonyl (C=O) groups excluding carboxylic acids is 2. The summed E-state index contributed by atoms with van der Waals surface area (Å²) in [6.45, 7) is 1.98. The van der Waals surface area contributed by atoms with Gasteiger partial charge in [-0.15, -0.1) is 0 Å². The Morgan fingerprint density at radius 2 is 2.08 bits per heavy atom. The van der Waals surface area contributed by atoms with Crippen LogP contribution in [0.1, 0.15) is 32.2 Å². The Hall–Kier alpha value is -3.42. The summed E-state index contributed by atoms with van der Waals surface area (Å²) < 4.78 is 3.59. The van der Waals surface area contributed by atoms with Crippen LogP contribution in [0.5, 0.6) is 0 Å². The maximum Gasteiger partial charge on any atom is 0.266 e. The quantitative estimate of drug-likeness (QED) is 0.755. The predicted molar refractivity (Wildman–Crippen MR) is 93.3 cm³/mol. The fourth-order valence-electron chi connectivity index (χ4n) is 3.20. The lowest BCUT2D eigenvalue weighted by Gasteiger charge is -2.28. The van der Waals surface area contributed by atoms with Gasteiger partial charge in [0.05, 0.1) is 19.3 Å². The van der Waals surface area contributed by atoms with Gasteiger partial charge in [0.25, 0.3) is 11.8 Å². The molecular weight excluding hydrogens is 332 g/mol. The lowest BCUT2D eigenvalue weighted by atomic mass is 10.1. The zero-order chi connectivity index (χ0) is 18.1. The van der Waals surface area contributed by atoms with Gasteiger partial charge < -0.3 is 15.2 Å². The Morgan fingerprint density at radius 3 is 2.85 bits per heavy atom. The maximum atomic E-state index is 12.9. The van der Waals surface area contributed by atoms with Crippen LogP contribution in [0.3, 0.4) is 0 Å². The average Bonchev–Trinajstić information content (AvgIpc) is 3.30. The van der Waals surface area contributed by atoms with Crippen molar-refractivity contribution in [3.63, 3.8) is 0 Å². The molecule has 2 aromatic heterocycles. The molecule has 132 valence electrons. The molecule has 3 aromatic rings. The molecule has 26 heavy (non-hydrogen) atoms. The standard InChI is InChI=1S/C18H18N6O2/c19-17(25)15-10-20-16-12-22(7-8-24(15)16)18(26)14-4-1-3-13(9-14)11-23-6-2-5-21-23/h1-6,9-10H,7-8,11-12H2,(H2,19,25). The van der Waals surface area contributed by atoms with Gasteiger partial charge in [-0.25, -0.2) is 4.98 Å². The van der Waals surface area contributed by atoms with Crippen molar-refractivity contribution < 1.29 is 9.59 Å². The molecule has 0 radical (unpaired) electrons. The molecule has 0 spiro atoms. The number of nitrogens with zero attached hydrogens (tertiary/aromatic N) is 5. The Morgan fingerprint density at radius 1 is 1.19 bits per heavy atom. The van der Waals surface area contributed by atoms with Gasteiger partial charge in [0.15, 0.2) is 0 Å². The minimum absolute atomic E-state index is 0.0535. The number of hydrogen-bond donors (Lipinski definition) is 1. The van der Waals surface area contributed by atoms with Gasteiger partial charge in [-0.05, 0) is 23.8 Å². The number of imidazole rings is 1. The SMILES string of the molecule is NC(=O)c1cnc2n1CCN(C(=O)c1cccc(Cn3cccn3)c1)C2. The lowest BCUT2D eigenvalue weighted by Crippen LogP contribution is -2.39. The highest BCUT2D eigenvalue weighted by atomic mass is 16.2. The van der Waals surface area contributed by atoms with Crippen molar-refractivity contribution in [1.82, 2.24) is 24.2 Å². The first-order valence-corrected chi connectivity index (χ1v) is 8.31. The molecule has 0 atom stereocenters. The molecular formula is C18H18N6O2. The summed E-state index contributed by atoms with van der Waals surface area (Å²) >= 11 is 0. The first-order chi connectivity index (χ1) is 12.6. The number of fused-ring (bicyclic) bond motifs is 1. The van der Waals surface area contributed by atoms with Crippen molar-refractivity contribution in [2.24, 2.45) is 5.73 Å². The van der Waals surface area contributed by atoms with E-state index in [4.69, 9.17) is 5.73 Å². The molecule has 2 amide bonds. The Kier molecular flexibility index (Phi) is 4.00. The molecule has 0 aliphatic carbocycles. The van der Waals surface area contributed by atoms with E-state index >= 15 is 0 Å². The summed E-state index contributed by atoms with van der Waals surface area (Å²) in [6, 6.07) is 9.42. The Balaban J connectivity index is 1.52. The summed E-state index contributed by atoms with van der Waals surface area (Å²) in [6.07, 6.45) is 5.08. The van der Waals surface area contributed by atoms with Gasteiger partial charge >= 0.3 is 0 Å². The molecule has 8 nitrogen and oxygen atoms in total. The van der Waals surface area contributed by atoms with Crippen molar-refractivity contribution in [3.05, 3.63) is 71.6 Å². The summed E-state index contributed by atoms with van der Waals surface area (Å²) in [7, 11) is 0. The number of rotatable bonds is 4. The summed E-state index contributed by atoms with van der Waals surface area (Å²) in [5.41, 5.74) is 7.37. The van der Waals surface area contributed by atoms with Gasteiger partial charge in [-0.2, -0.15) is 5.10 Å². The van der Waals surface area contributed by atoms with Crippen molar-refractivity contribution in [2.75, 3.05) is 6.54 Å². The molecule has 0 saturated heterocycles. The molecule has 1 aliphatic rings. The van der Waals surface area contributed by atoms with Crippen molar-refractivity contribution in [2.45, 2.75) is 19.6 Å². The van der Waals surface area contributed by atoms with Crippen LogP contribution in [-0.2, 0) is 19.6 Å². The van der Waals surface area contributed by atoms with Crippen LogP contribution >= 0.6 is 0 Å². The molecule has 1 aromatic carbocycles. The first-order valence-electron chi connectivity index (χ1n) is 8.31. The van der Waals surface area contributed by atoms with Gasteiger partial charge in [-0.3, -0.25) is 14.3 Å². The van der Waals surface area contributed by atoms with E-state index in [1.54, 1.807) is 15.7 Å². The molecule has 0 unspecified atom stereocenters. The monoisotopic (exact) mass is 350 g/mol. The second-order valence-corrected chi connectivity index (χ2v) is 6.21. The van der Waals surface area contributed by atoms with Gasteiger partial charge in [-0.1, -0.05) is 12.1 Å². The normalized spacial score (nSPS) is 13.5. The molecule has 0 bridgehead atoms. The Labute approximate surface area is 149 Å². The third kappa shape index (κ3) is 2.97. The van der Waals surface area contributed by atoms with E-state index < -0.39 is 5.91 Å². The van der Waals surface area contributed by atoms with Gasteiger partial charge in [0.1, 0.15) is 11.5 Å². The van der Waals surface area contributed by atoms with Crippen molar-refractivity contribution in [3.8, 4) is 0 Å². The van der Waals surface area contributed by atoms with Crippen LogP contribution in [0.2, 0.25) is 0 Å². The summed E-state index contributed by atoms with van der Waals surface area (Å²) in [5.74, 6) is 0.114.